The Bertz CT molecular complexity index is 1330. The summed E-state index contributed by atoms with van der Waals surface area (Å²) in [7, 11) is 0. The van der Waals surface area contributed by atoms with Crippen molar-refractivity contribution in [2.24, 2.45) is 0 Å². The molecule has 1 heterocycles. The summed E-state index contributed by atoms with van der Waals surface area (Å²) in [5.41, 5.74) is -0.470. The molecule has 3 N–H and O–H groups in total. The van der Waals surface area contributed by atoms with Crippen LogP contribution >= 0.6 is 0 Å². The van der Waals surface area contributed by atoms with E-state index in [0.29, 0.717) is 5.56 Å². The standard InChI is InChI=1S/C22H13F3O6/c23-22(24,25)31-13-8-6-12(7-9-13)16-18(27)20(29)19(28)17-14(26)10-15(30-21(16)17)11-4-2-1-3-5-11/h1-10,27-29H. The Morgan fingerprint density at radius 2 is 1.45 bits per heavy atom. The topological polar surface area (TPSA) is 100 Å². The number of hydrogen-bond donors (Lipinski definition) is 3. The van der Waals surface area contributed by atoms with Gasteiger partial charge in [-0.15, -0.1) is 13.2 Å². The van der Waals surface area contributed by atoms with Crippen LogP contribution in [0.1, 0.15) is 0 Å². The van der Waals surface area contributed by atoms with Gasteiger partial charge >= 0.3 is 6.36 Å². The molecular formula is C22H13F3O6. The second-order valence-electron chi connectivity index (χ2n) is 6.54. The summed E-state index contributed by atoms with van der Waals surface area (Å²) < 4.78 is 46.9. The Balaban J connectivity index is 1.98. The third kappa shape index (κ3) is 3.73. The Morgan fingerprint density at radius 1 is 0.806 bits per heavy atom. The maximum absolute atomic E-state index is 12.7. The smallest absolute Gasteiger partial charge is 0.504 e. The first kappa shape index (κ1) is 20.1. The van der Waals surface area contributed by atoms with Gasteiger partial charge in [-0.3, -0.25) is 4.79 Å². The molecule has 0 atom stereocenters. The summed E-state index contributed by atoms with van der Waals surface area (Å²) >= 11 is 0. The summed E-state index contributed by atoms with van der Waals surface area (Å²) in [6.07, 6.45) is -4.88. The lowest BCUT2D eigenvalue weighted by molar-refractivity contribution is -0.274. The van der Waals surface area contributed by atoms with Crippen molar-refractivity contribution in [3.8, 4) is 45.4 Å². The minimum absolute atomic E-state index is 0.112. The number of rotatable bonds is 3. The van der Waals surface area contributed by atoms with Gasteiger partial charge in [-0.1, -0.05) is 42.5 Å². The van der Waals surface area contributed by atoms with Gasteiger partial charge in [-0.25, -0.2) is 0 Å². The first-order chi connectivity index (χ1) is 14.7. The molecule has 31 heavy (non-hydrogen) atoms. The number of benzene rings is 3. The summed E-state index contributed by atoms with van der Waals surface area (Å²) in [6.45, 7) is 0. The summed E-state index contributed by atoms with van der Waals surface area (Å²) in [5, 5.41) is 30.4. The molecule has 3 aromatic carbocycles. The number of hydrogen-bond acceptors (Lipinski definition) is 6. The van der Waals surface area contributed by atoms with Crippen LogP contribution in [0.25, 0.3) is 33.4 Å². The number of alkyl halides is 3. The number of halogens is 3. The molecule has 0 saturated heterocycles. The van der Waals surface area contributed by atoms with Crippen LogP contribution in [0.2, 0.25) is 0 Å². The van der Waals surface area contributed by atoms with Crippen molar-refractivity contribution >= 4 is 11.0 Å². The monoisotopic (exact) mass is 430 g/mol. The average molecular weight is 430 g/mol. The first-order valence-electron chi connectivity index (χ1n) is 8.82. The molecule has 0 aliphatic heterocycles. The van der Waals surface area contributed by atoms with E-state index >= 15 is 0 Å². The fourth-order valence-electron chi connectivity index (χ4n) is 3.19. The quantitative estimate of drug-likeness (QED) is 0.389. The van der Waals surface area contributed by atoms with E-state index in [-0.39, 0.29) is 27.9 Å². The number of aromatic hydroxyl groups is 3. The Labute approximate surface area is 172 Å². The zero-order valence-electron chi connectivity index (χ0n) is 15.5. The van der Waals surface area contributed by atoms with Gasteiger partial charge < -0.3 is 24.5 Å². The van der Waals surface area contributed by atoms with E-state index in [2.05, 4.69) is 4.74 Å². The molecule has 0 aliphatic carbocycles. The van der Waals surface area contributed by atoms with Crippen LogP contribution in [0.3, 0.4) is 0 Å². The molecule has 1 aromatic heterocycles. The maximum atomic E-state index is 12.7. The first-order valence-corrected chi connectivity index (χ1v) is 8.82. The molecule has 0 unspecified atom stereocenters. The van der Waals surface area contributed by atoms with Crippen LogP contribution in [-0.2, 0) is 0 Å². The molecule has 0 amide bonds. The molecule has 4 rings (SSSR count). The van der Waals surface area contributed by atoms with E-state index in [4.69, 9.17) is 4.42 Å². The fourth-order valence-corrected chi connectivity index (χ4v) is 3.19. The van der Waals surface area contributed by atoms with Gasteiger partial charge in [0.25, 0.3) is 0 Å². The lowest BCUT2D eigenvalue weighted by Crippen LogP contribution is -2.16. The van der Waals surface area contributed by atoms with Crippen molar-refractivity contribution in [2.45, 2.75) is 6.36 Å². The van der Waals surface area contributed by atoms with Crippen molar-refractivity contribution in [3.63, 3.8) is 0 Å². The zero-order chi connectivity index (χ0) is 22.3. The highest BCUT2D eigenvalue weighted by atomic mass is 19.4. The van der Waals surface area contributed by atoms with Gasteiger partial charge in [-0.2, -0.15) is 0 Å². The lowest BCUT2D eigenvalue weighted by atomic mass is 9.99. The fraction of sp³-hybridized carbons (Fsp3) is 0.0455. The van der Waals surface area contributed by atoms with Crippen molar-refractivity contribution < 1.29 is 37.6 Å². The highest BCUT2D eigenvalue weighted by molar-refractivity contribution is 6.02. The highest BCUT2D eigenvalue weighted by Crippen LogP contribution is 2.49. The molecule has 4 aromatic rings. The van der Waals surface area contributed by atoms with Crippen LogP contribution in [0.15, 0.2) is 69.9 Å². The van der Waals surface area contributed by atoms with Gasteiger partial charge in [0.15, 0.2) is 22.5 Å². The summed E-state index contributed by atoms with van der Waals surface area (Å²) in [6, 6.07) is 14.0. The predicted molar refractivity (Wildman–Crippen MR) is 105 cm³/mol. The Kier molecular flexibility index (Phi) is 4.73. The maximum Gasteiger partial charge on any atom is 0.573 e. The number of phenolic OH excluding ortho intramolecular Hbond substituents is 3. The molecule has 0 radical (unpaired) electrons. The van der Waals surface area contributed by atoms with Crippen LogP contribution in [0.5, 0.6) is 23.0 Å². The molecule has 158 valence electrons. The van der Waals surface area contributed by atoms with E-state index in [1.165, 1.54) is 12.1 Å². The van der Waals surface area contributed by atoms with Gasteiger partial charge in [0.05, 0.1) is 5.56 Å². The van der Waals surface area contributed by atoms with E-state index in [1.54, 1.807) is 30.3 Å². The van der Waals surface area contributed by atoms with Crippen LogP contribution in [-0.4, -0.2) is 21.7 Å². The number of fused-ring (bicyclic) bond motifs is 1. The SMILES string of the molecule is O=c1cc(-c2ccccc2)oc2c(-c3ccc(OC(F)(F)F)cc3)c(O)c(O)c(O)c12. The molecule has 0 bridgehead atoms. The molecule has 0 saturated carbocycles. The molecular weight excluding hydrogens is 417 g/mol. The van der Waals surface area contributed by atoms with Crippen LogP contribution in [0.4, 0.5) is 13.2 Å². The van der Waals surface area contributed by atoms with Crippen molar-refractivity contribution in [3.05, 3.63) is 70.9 Å². The molecule has 0 spiro atoms. The molecule has 9 heteroatoms. The van der Waals surface area contributed by atoms with E-state index in [0.717, 1.165) is 18.2 Å². The second-order valence-corrected chi connectivity index (χ2v) is 6.54. The average Bonchev–Trinajstić information content (AvgIpc) is 2.72. The minimum atomic E-state index is -4.88. The third-order valence-corrected chi connectivity index (χ3v) is 4.53. The van der Waals surface area contributed by atoms with E-state index in [9.17, 15) is 33.3 Å². The molecule has 0 fully saturated rings. The summed E-state index contributed by atoms with van der Waals surface area (Å²) in [4.78, 5) is 12.7. The Hall–Kier alpha value is -4.14. The van der Waals surface area contributed by atoms with Crippen molar-refractivity contribution in [1.29, 1.82) is 0 Å². The molecule has 6 nitrogen and oxygen atoms in total. The van der Waals surface area contributed by atoms with E-state index in [1.807, 2.05) is 0 Å². The largest absolute Gasteiger partial charge is 0.573 e. The van der Waals surface area contributed by atoms with Gasteiger partial charge in [-0.05, 0) is 17.7 Å². The van der Waals surface area contributed by atoms with Crippen LogP contribution in [0, 0.1) is 0 Å². The number of ether oxygens (including phenoxy) is 1. The van der Waals surface area contributed by atoms with Crippen molar-refractivity contribution in [1.82, 2.24) is 0 Å². The summed E-state index contributed by atoms with van der Waals surface area (Å²) in [5.74, 6) is -3.02. The third-order valence-electron chi connectivity index (χ3n) is 4.53. The van der Waals surface area contributed by atoms with Crippen LogP contribution < -0.4 is 10.2 Å². The molecule has 0 aliphatic rings. The van der Waals surface area contributed by atoms with Gasteiger partial charge in [0.1, 0.15) is 16.9 Å². The normalized spacial score (nSPS) is 11.6. The lowest BCUT2D eigenvalue weighted by Gasteiger charge is -2.14. The van der Waals surface area contributed by atoms with Crippen molar-refractivity contribution in [2.75, 3.05) is 0 Å². The highest BCUT2D eigenvalue weighted by Gasteiger charge is 2.31. The van der Waals surface area contributed by atoms with E-state index < -0.39 is 34.8 Å². The zero-order valence-corrected chi connectivity index (χ0v) is 15.5. The Morgan fingerprint density at radius 3 is 2.06 bits per heavy atom. The minimum Gasteiger partial charge on any atom is -0.504 e. The number of phenols is 3. The van der Waals surface area contributed by atoms with Gasteiger partial charge in [0.2, 0.25) is 5.75 Å². The van der Waals surface area contributed by atoms with Gasteiger partial charge in [0, 0.05) is 11.6 Å². The predicted octanol–water partition coefficient (Wildman–Crippen LogP) is 5.14. The second kappa shape index (κ2) is 7.28.